The molecule has 0 radical (unpaired) electrons. The number of methoxy groups -OCH3 is 1. The summed E-state index contributed by atoms with van der Waals surface area (Å²) >= 11 is 0. The van der Waals surface area contributed by atoms with Crippen molar-refractivity contribution in [3.05, 3.63) is 29.3 Å². The number of rotatable bonds is 7. The third kappa shape index (κ3) is 4.47. The summed E-state index contributed by atoms with van der Waals surface area (Å²) in [5, 5.41) is 0. The Hall–Kier alpha value is -1.56. The molecule has 0 aromatic heterocycles. The van der Waals surface area contributed by atoms with E-state index in [0.29, 0.717) is 30.7 Å². The highest BCUT2D eigenvalue weighted by atomic mass is 32.2. The molecule has 1 amide bonds. The van der Waals surface area contributed by atoms with Crippen molar-refractivity contribution in [2.75, 3.05) is 26.0 Å². The molecule has 1 heterocycles. The van der Waals surface area contributed by atoms with Crippen LogP contribution in [0.15, 0.2) is 18.2 Å². The number of carbonyl (C=O) groups is 1. The van der Waals surface area contributed by atoms with Gasteiger partial charge in [-0.3, -0.25) is 4.79 Å². The highest BCUT2D eigenvalue weighted by Crippen LogP contribution is 2.22. The lowest BCUT2D eigenvalue weighted by molar-refractivity contribution is -0.127. The number of hydrogen-bond donors (Lipinski definition) is 0. The lowest BCUT2D eigenvalue weighted by Gasteiger charge is -2.15. The average molecular weight is 325 g/mol. The van der Waals surface area contributed by atoms with Crippen LogP contribution in [0.5, 0.6) is 5.75 Å². The van der Waals surface area contributed by atoms with E-state index in [9.17, 15) is 13.2 Å². The third-order valence-corrected chi connectivity index (χ3v) is 5.53. The number of sulfone groups is 1. The Morgan fingerprint density at radius 3 is 2.73 bits per heavy atom. The van der Waals surface area contributed by atoms with Crippen LogP contribution in [0, 0.1) is 6.92 Å². The van der Waals surface area contributed by atoms with Gasteiger partial charge in [0.1, 0.15) is 5.75 Å². The van der Waals surface area contributed by atoms with Crippen LogP contribution in [0.4, 0.5) is 0 Å². The minimum atomic E-state index is -3.21. The van der Waals surface area contributed by atoms with Crippen molar-refractivity contribution in [2.45, 2.75) is 31.9 Å². The molecule has 1 saturated heterocycles. The first-order valence-corrected chi connectivity index (χ1v) is 9.35. The zero-order valence-corrected chi connectivity index (χ0v) is 14.0. The number of amides is 1. The highest BCUT2D eigenvalue weighted by Gasteiger charge is 2.21. The second-order valence-electron chi connectivity index (χ2n) is 5.75. The van der Waals surface area contributed by atoms with Gasteiger partial charge in [0.05, 0.1) is 18.6 Å². The number of likely N-dealkylation sites (tertiary alicyclic amines) is 1. The van der Waals surface area contributed by atoms with E-state index < -0.39 is 9.84 Å². The second kappa shape index (κ2) is 7.13. The molecule has 0 spiro atoms. The lowest BCUT2D eigenvalue weighted by atomic mass is 10.1. The Morgan fingerprint density at radius 1 is 1.32 bits per heavy atom. The Kier molecular flexibility index (Phi) is 5.45. The molecule has 0 atom stereocenters. The molecule has 0 N–H and O–H groups in total. The number of ether oxygens (including phenoxy) is 1. The first-order chi connectivity index (χ1) is 10.4. The van der Waals surface area contributed by atoms with Crippen molar-refractivity contribution in [1.82, 2.24) is 4.90 Å². The Balaban J connectivity index is 1.93. The predicted molar refractivity (Wildman–Crippen MR) is 85.7 cm³/mol. The summed E-state index contributed by atoms with van der Waals surface area (Å²) in [5.74, 6) is 0.807. The standard InChI is InChI=1S/C16H23NO4S/c1-13-6-7-15(21-2)14(11-13)12-22(19,20)10-4-9-17-8-3-5-16(17)18/h6-7,11H,3-5,8-10,12H2,1-2H3. The van der Waals surface area contributed by atoms with Gasteiger partial charge < -0.3 is 9.64 Å². The summed E-state index contributed by atoms with van der Waals surface area (Å²) in [5.41, 5.74) is 1.70. The SMILES string of the molecule is COc1ccc(C)cc1CS(=O)(=O)CCCN1CCCC1=O. The van der Waals surface area contributed by atoms with Crippen LogP contribution in [0.2, 0.25) is 0 Å². The summed E-state index contributed by atoms with van der Waals surface area (Å²) in [6, 6.07) is 5.54. The summed E-state index contributed by atoms with van der Waals surface area (Å²) in [6.45, 7) is 3.21. The average Bonchev–Trinajstić information content (AvgIpc) is 2.84. The van der Waals surface area contributed by atoms with E-state index in [1.807, 2.05) is 19.1 Å². The maximum absolute atomic E-state index is 12.3. The Labute approximate surface area is 132 Å². The highest BCUT2D eigenvalue weighted by molar-refractivity contribution is 7.90. The fraction of sp³-hybridized carbons (Fsp3) is 0.562. The van der Waals surface area contributed by atoms with Gasteiger partial charge in [-0.25, -0.2) is 8.42 Å². The molecule has 2 rings (SSSR count). The van der Waals surface area contributed by atoms with Gasteiger partial charge >= 0.3 is 0 Å². The largest absolute Gasteiger partial charge is 0.496 e. The molecule has 122 valence electrons. The molecule has 1 aliphatic heterocycles. The molecule has 0 saturated carbocycles. The van der Waals surface area contributed by atoms with Gasteiger partial charge in [0.2, 0.25) is 5.91 Å². The van der Waals surface area contributed by atoms with Gasteiger partial charge in [-0.15, -0.1) is 0 Å². The zero-order valence-electron chi connectivity index (χ0n) is 13.2. The molecule has 1 aromatic rings. The van der Waals surface area contributed by atoms with E-state index in [1.165, 1.54) is 0 Å². The minimum Gasteiger partial charge on any atom is -0.496 e. The fourth-order valence-electron chi connectivity index (χ4n) is 2.75. The van der Waals surface area contributed by atoms with E-state index in [4.69, 9.17) is 4.74 Å². The number of benzene rings is 1. The van der Waals surface area contributed by atoms with Crippen LogP contribution < -0.4 is 4.74 Å². The molecule has 0 unspecified atom stereocenters. The predicted octanol–water partition coefficient (Wildman–Crippen LogP) is 1.93. The van der Waals surface area contributed by atoms with Gasteiger partial charge in [-0.2, -0.15) is 0 Å². The van der Waals surface area contributed by atoms with Gasteiger partial charge in [0, 0.05) is 25.1 Å². The topological polar surface area (TPSA) is 63.7 Å². The molecule has 5 nitrogen and oxygen atoms in total. The summed E-state index contributed by atoms with van der Waals surface area (Å²) < 4.78 is 29.8. The monoisotopic (exact) mass is 325 g/mol. The van der Waals surface area contributed by atoms with Crippen molar-refractivity contribution in [1.29, 1.82) is 0 Å². The maximum atomic E-state index is 12.3. The quantitative estimate of drug-likeness (QED) is 0.768. The molecular weight excluding hydrogens is 302 g/mol. The minimum absolute atomic E-state index is 0.0220. The number of nitrogens with zero attached hydrogens (tertiary/aromatic N) is 1. The van der Waals surface area contributed by atoms with Gasteiger partial charge in [0.15, 0.2) is 9.84 Å². The first-order valence-electron chi connectivity index (χ1n) is 7.53. The summed E-state index contributed by atoms with van der Waals surface area (Å²) in [4.78, 5) is 13.3. The normalized spacial score (nSPS) is 15.4. The van der Waals surface area contributed by atoms with Gasteiger partial charge in [-0.1, -0.05) is 17.7 Å². The number of carbonyl (C=O) groups excluding carboxylic acids is 1. The molecule has 1 fully saturated rings. The fourth-order valence-corrected chi connectivity index (χ4v) is 4.16. The van der Waals surface area contributed by atoms with Crippen molar-refractivity contribution in [3.63, 3.8) is 0 Å². The van der Waals surface area contributed by atoms with Crippen LogP contribution in [-0.2, 0) is 20.4 Å². The first kappa shape index (κ1) is 16.8. The molecule has 1 aromatic carbocycles. The second-order valence-corrected chi connectivity index (χ2v) is 7.93. The van der Waals surface area contributed by atoms with Crippen LogP contribution in [0.1, 0.15) is 30.4 Å². The zero-order chi connectivity index (χ0) is 16.2. The van der Waals surface area contributed by atoms with Crippen LogP contribution in [0.25, 0.3) is 0 Å². The van der Waals surface area contributed by atoms with E-state index in [1.54, 1.807) is 18.1 Å². The summed E-state index contributed by atoms with van der Waals surface area (Å²) in [7, 11) is -1.67. The maximum Gasteiger partial charge on any atom is 0.222 e. The van der Waals surface area contributed by atoms with Crippen molar-refractivity contribution >= 4 is 15.7 Å². The Bertz CT molecular complexity index is 640. The van der Waals surface area contributed by atoms with Crippen molar-refractivity contribution in [2.24, 2.45) is 0 Å². The van der Waals surface area contributed by atoms with E-state index in [0.717, 1.165) is 18.5 Å². The van der Waals surface area contributed by atoms with E-state index in [2.05, 4.69) is 0 Å². The molecule has 0 bridgehead atoms. The molecule has 22 heavy (non-hydrogen) atoms. The van der Waals surface area contributed by atoms with Crippen LogP contribution in [0.3, 0.4) is 0 Å². The summed E-state index contributed by atoms with van der Waals surface area (Å²) in [6.07, 6.45) is 1.96. The Morgan fingerprint density at radius 2 is 2.09 bits per heavy atom. The van der Waals surface area contributed by atoms with Gasteiger partial charge in [0.25, 0.3) is 0 Å². The van der Waals surface area contributed by atoms with Gasteiger partial charge in [-0.05, 0) is 25.8 Å². The smallest absolute Gasteiger partial charge is 0.222 e. The molecule has 0 aliphatic carbocycles. The van der Waals surface area contributed by atoms with Crippen molar-refractivity contribution < 1.29 is 17.9 Å². The van der Waals surface area contributed by atoms with E-state index in [-0.39, 0.29) is 17.4 Å². The molecule has 6 heteroatoms. The number of aryl methyl sites for hydroxylation is 1. The van der Waals surface area contributed by atoms with Crippen LogP contribution in [-0.4, -0.2) is 45.2 Å². The van der Waals surface area contributed by atoms with E-state index >= 15 is 0 Å². The van der Waals surface area contributed by atoms with Crippen LogP contribution >= 0.6 is 0 Å². The number of hydrogen-bond acceptors (Lipinski definition) is 4. The molecular formula is C16H23NO4S. The molecule has 1 aliphatic rings. The third-order valence-electron chi connectivity index (χ3n) is 3.87. The van der Waals surface area contributed by atoms with Crippen molar-refractivity contribution in [3.8, 4) is 5.75 Å². The lowest BCUT2D eigenvalue weighted by Crippen LogP contribution is -2.27.